The monoisotopic (exact) mass is 292 g/mol. The predicted molar refractivity (Wildman–Crippen MR) is 76.4 cm³/mol. The van der Waals surface area contributed by atoms with E-state index >= 15 is 0 Å². The van der Waals surface area contributed by atoms with Gasteiger partial charge in [0.05, 0.1) is 18.1 Å². The summed E-state index contributed by atoms with van der Waals surface area (Å²) < 4.78 is 5.28. The van der Waals surface area contributed by atoms with Crippen LogP contribution in [0, 0.1) is 0 Å². The van der Waals surface area contributed by atoms with Gasteiger partial charge in [-0.05, 0) is 37.8 Å². The van der Waals surface area contributed by atoms with Gasteiger partial charge in [0, 0.05) is 12.5 Å². The van der Waals surface area contributed by atoms with Crippen molar-refractivity contribution in [3.63, 3.8) is 0 Å². The summed E-state index contributed by atoms with van der Waals surface area (Å²) in [7, 11) is 0. The molecule has 1 aromatic rings. The molecular formula is C16H20O5. The van der Waals surface area contributed by atoms with E-state index in [1.54, 1.807) is 0 Å². The highest BCUT2D eigenvalue weighted by atomic mass is 16.5. The molecule has 1 atom stereocenters. The number of esters is 1. The second-order valence-corrected chi connectivity index (χ2v) is 5.50. The number of phenols is 2. The summed E-state index contributed by atoms with van der Waals surface area (Å²) in [6.07, 6.45) is 3.32. The molecule has 0 bridgehead atoms. The fourth-order valence-corrected chi connectivity index (χ4v) is 2.63. The fourth-order valence-electron chi connectivity index (χ4n) is 2.63. The van der Waals surface area contributed by atoms with E-state index < -0.39 is 5.97 Å². The minimum absolute atomic E-state index is 0.123. The lowest BCUT2D eigenvalue weighted by Gasteiger charge is -2.16. The highest BCUT2D eigenvalue weighted by Crippen LogP contribution is 2.30. The van der Waals surface area contributed by atoms with Crippen LogP contribution in [0.4, 0.5) is 0 Å². The average Bonchev–Trinajstić information content (AvgIpc) is 2.35. The number of fused-ring (bicyclic) bond motifs is 1. The van der Waals surface area contributed by atoms with E-state index in [1.807, 2.05) is 6.92 Å². The molecule has 0 aliphatic carbocycles. The van der Waals surface area contributed by atoms with Gasteiger partial charge < -0.3 is 14.9 Å². The molecule has 1 aromatic carbocycles. The summed E-state index contributed by atoms with van der Waals surface area (Å²) in [6, 6.07) is 2.46. The maximum atomic E-state index is 12.2. The zero-order valence-corrected chi connectivity index (χ0v) is 12.1. The van der Waals surface area contributed by atoms with Gasteiger partial charge in [-0.2, -0.15) is 0 Å². The summed E-state index contributed by atoms with van der Waals surface area (Å²) >= 11 is 0. The Labute approximate surface area is 123 Å². The Morgan fingerprint density at radius 2 is 1.90 bits per heavy atom. The second kappa shape index (κ2) is 6.61. The molecular weight excluding hydrogens is 272 g/mol. The van der Waals surface area contributed by atoms with Gasteiger partial charge in [-0.25, -0.2) is 0 Å². The number of rotatable bonds is 0. The third-order valence-corrected chi connectivity index (χ3v) is 3.64. The van der Waals surface area contributed by atoms with E-state index in [9.17, 15) is 19.8 Å². The number of ether oxygens (including phenoxy) is 1. The predicted octanol–water partition coefficient (Wildman–Crippen LogP) is 2.72. The van der Waals surface area contributed by atoms with Crippen LogP contribution in [0.5, 0.6) is 11.5 Å². The van der Waals surface area contributed by atoms with Gasteiger partial charge in [-0.3, -0.25) is 9.59 Å². The molecule has 2 N–H and O–H groups in total. The van der Waals surface area contributed by atoms with Gasteiger partial charge >= 0.3 is 5.97 Å². The van der Waals surface area contributed by atoms with Crippen LogP contribution in [0.1, 0.15) is 54.9 Å². The first-order valence-electron chi connectivity index (χ1n) is 7.25. The van der Waals surface area contributed by atoms with Crippen LogP contribution in [0.25, 0.3) is 0 Å². The molecule has 1 aliphatic heterocycles. The summed E-state index contributed by atoms with van der Waals surface area (Å²) in [5, 5.41) is 19.5. The van der Waals surface area contributed by atoms with Crippen LogP contribution >= 0.6 is 0 Å². The average molecular weight is 292 g/mol. The summed E-state index contributed by atoms with van der Waals surface area (Å²) in [4.78, 5) is 24.1. The smallest absolute Gasteiger partial charge is 0.310 e. The summed E-state index contributed by atoms with van der Waals surface area (Å²) in [6.45, 7) is 1.84. The zero-order chi connectivity index (χ0) is 15.4. The van der Waals surface area contributed by atoms with Crippen molar-refractivity contribution < 1.29 is 24.5 Å². The molecule has 1 aliphatic rings. The highest BCUT2D eigenvalue weighted by molar-refractivity contribution is 6.01. The lowest BCUT2D eigenvalue weighted by Crippen LogP contribution is -2.18. The van der Waals surface area contributed by atoms with Crippen molar-refractivity contribution in [2.75, 3.05) is 0 Å². The largest absolute Gasteiger partial charge is 0.508 e. The molecule has 0 saturated heterocycles. The van der Waals surface area contributed by atoms with E-state index in [-0.39, 0.29) is 35.4 Å². The molecule has 21 heavy (non-hydrogen) atoms. The van der Waals surface area contributed by atoms with Crippen LogP contribution < -0.4 is 0 Å². The summed E-state index contributed by atoms with van der Waals surface area (Å²) in [5.41, 5.74) is 0.438. The van der Waals surface area contributed by atoms with Crippen LogP contribution in [0.3, 0.4) is 0 Å². The van der Waals surface area contributed by atoms with Gasteiger partial charge in [0.25, 0.3) is 0 Å². The molecule has 5 heteroatoms. The van der Waals surface area contributed by atoms with Crippen molar-refractivity contribution in [2.24, 2.45) is 0 Å². The molecule has 0 fully saturated rings. The van der Waals surface area contributed by atoms with Crippen molar-refractivity contribution in [1.29, 1.82) is 0 Å². The summed E-state index contributed by atoms with van der Waals surface area (Å²) in [5.74, 6) is -1.12. The number of benzene rings is 1. The third kappa shape index (κ3) is 3.97. The first-order chi connectivity index (χ1) is 9.97. The van der Waals surface area contributed by atoms with Gasteiger partial charge in [0.1, 0.15) is 11.5 Å². The standard InChI is InChI=1S/C16H20O5/c1-10-5-3-2-4-6-13(18)16-11(8-15(20)21-10)7-12(17)9-14(16)19/h7,9-10,17,19H,2-6,8H2,1H3/t10-/m1/s1. The topological polar surface area (TPSA) is 83.8 Å². The maximum Gasteiger partial charge on any atom is 0.310 e. The van der Waals surface area contributed by atoms with Gasteiger partial charge in [0.15, 0.2) is 5.78 Å². The normalized spacial score (nSPS) is 20.9. The number of carbonyl (C=O) groups excluding carboxylic acids is 2. The van der Waals surface area contributed by atoms with Crippen LogP contribution in [-0.2, 0) is 16.0 Å². The zero-order valence-electron chi connectivity index (χ0n) is 12.1. The molecule has 0 amide bonds. The molecule has 1 heterocycles. The van der Waals surface area contributed by atoms with Crippen LogP contribution in [0.2, 0.25) is 0 Å². The molecule has 0 saturated carbocycles. The molecule has 0 unspecified atom stereocenters. The quantitative estimate of drug-likeness (QED) is 0.718. The molecule has 2 rings (SSSR count). The number of hydrogen-bond donors (Lipinski definition) is 2. The van der Waals surface area contributed by atoms with Crippen molar-refractivity contribution in [3.8, 4) is 11.5 Å². The van der Waals surface area contributed by atoms with Crippen molar-refractivity contribution in [3.05, 3.63) is 23.3 Å². The van der Waals surface area contributed by atoms with Crippen molar-refractivity contribution in [1.82, 2.24) is 0 Å². The highest BCUT2D eigenvalue weighted by Gasteiger charge is 2.21. The molecule has 114 valence electrons. The van der Waals surface area contributed by atoms with Gasteiger partial charge in [0.2, 0.25) is 0 Å². The number of ketones is 1. The first-order valence-corrected chi connectivity index (χ1v) is 7.25. The van der Waals surface area contributed by atoms with Crippen molar-refractivity contribution >= 4 is 11.8 Å². The molecule has 0 aromatic heterocycles. The third-order valence-electron chi connectivity index (χ3n) is 3.64. The maximum absolute atomic E-state index is 12.2. The van der Waals surface area contributed by atoms with E-state index in [0.717, 1.165) is 31.7 Å². The number of hydrogen-bond acceptors (Lipinski definition) is 5. The SMILES string of the molecule is C[C@@H]1CCCCCC(=O)c2c(O)cc(O)cc2CC(=O)O1. The molecule has 0 radical (unpaired) electrons. The van der Waals surface area contributed by atoms with E-state index in [2.05, 4.69) is 0 Å². The Balaban J connectivity index is 2.36. The number of carbonyl (C=O) groups is 2. The Hall–Kier alpha value is -2.04. The van der Waals surface area contributed by atoms with Crippen LogP contribution in [0.15, 0.2) is 12.1 Å². The second-order valence-electron chi connectivity index (χ2n) is 5.50. The Morgan fingerprint density at radius 1 is 1.14 bits per heavy atom. The Morgan fingerprint density at radius 3 is 2.67 bits per heavy atom. The number of cyclic esters (lactones) is 1. The minimum atomic E-state index is -0.456. The van der Waals surface area contributed by atoms with Crippen LogP contribution in [-0.4, -0.2) is 28.1 Å². The first kappa shape index (κ1) is 15.4. The number of Topliss-reactive ketones (excluding diaryl/α,β-unsaturated/α-hetero) is 1. The molecule has 5 nitrogen and oxygen atoms in total. The van der Waals surface area contributed by atoms with E-state index in [0.29, 0.717) is 12.0 Å². The van der Waals surface area contributed by atoms with E-state index in [1.165, 1.54) is 6.07 Å². The number of phenolic OH excluding ortho intramolecular Hbond substituents is 2. The number of aromatic hydroxyl groups is 2. The lowest BCUT2D eigenvalue weighted by atomic mass is 9.95. The van der Waals surface area contributed by atoms with E-state index in [4.69, 9.17) is 4.74 Å². The van der Waals surface area contributed by atoms with Crippen molar-refractivity contribution in [2.45, 2.75) is 51.6 Å². The minimum Gasteiger partial charge on any atom is -0.508 e. The Kier molecular flexibility index (Phi) is 4.83. The Bertz CT molecular complexity index is 550. The van der Waals surface area contributed by atoms with Gasteiger partial charge in [-0.1, -0.05) is 6.42 Å². The fraction of sp³-hybridized carbons (Fsp3) is 0.500. The molecule has 0 spiro atoms. The lowest BCUT2D eigenvalue weighted by molar-refractivity contribution is -0.147. The van der Waals surface area contributed by atoms with Gasteiger partial charge in [-0.15, -0.1) is 0 Å².